The van der Waals surface area contributed by atoms with Gasteiger partial charge in [-0.25, -0.2) is 5.48 Å². The molecule has 0 radical (unpaired) electrons. The van der Waals surface area contributed by atoms with Crippen LogP contribution < -0.4 is 5.48 Å². The summed E-state index contributed by atoms with van der Waals surface area (Å²) in [6, 6.07) is 13.0. The van der Waals surface area contributed by atoms with Gasteiger partial charge in [0, 0.05) is 5.92 Å². The van der Waals surface area contributed by atoms with Crippen molar-refractivity contribution < 1.29 is 10.0 Å². The number of fused-ring (bicyclic) bond motifs is 1. The molecular weight excluding hydrogens is 274 g/mol. The number of hydrogen-bond donors (Lipinski definition) is 2. The van der Waals surface area contributed by atoms with Crippen LogP contribution >= 0.6 is 0 Å². The number of benzene rings is 2. The Morgan fingerprint density at radius 2 is 1.95 bits per heavy atom. The quantitative estimate of drug-likeness (QED) is 0.657. The van der Waals surface area contributed by atoms with Crippen LogP contribution in [0.2, 0.25) is 0 Å². The largest absolute Gasteiger partial charge is 0.289 e. The van der Waals surface area contributed by atoms with E-state index in [0.29, 0.717) is 6.42 Å². The number of carbonyl (C=O) groups excluding carboxylic acids is 1. The molecule has 1 amide bonds. The smallest absolute Gasteiger partial charge is 0.246 e. The molecule has 1 aliphatic rings. The first kappa shape index (κ1) is 14.8. The fourth-order valence-electron chi connectivity index (χ4n) is 3.29. The first-order valence-electron chi connectivity index (χ1n) is 7.72. The zero-order valence-corrected chi connectivity index (χ0v) is 13.0. The Kier molecular flexibility index (Phi) is 3.99. The summed E-state index contributed by atoms with van der Waals surface area (Å²) >= 11 is 0. The van der Waals surface area contributed by atoms with Crippen molar-refractivity contribution in [1.29, 1.82) is 0 Å². The van der Waals surface area contributed by atoms with E-state index in [4.69, 9.17) is 5.21 Å². The van der Waals surface area contributed by atoms with Gasteiger partial charge in [0.2, 0.25) is 5.91 Å². The van der Waals surface area contributed by atoms with Gasteiger partial charge in [0.25, 0.3) is 0 Å². The molecule has 0 saturated heterocycles. The van der Waals surface area contributed by atoms with Crippen LogP contribution in [0, 0.1) is 19.8 Å². The van der Waals surface area contributed by atoms with E-state index in [1.165, 1.54) is 33.4 Å². The number of aryl methyl sites for hydroxylation is 3. The molecule has 2 aromatic rings. The molecule has 0 spiro atoms. The third-order valence-electron chi connectivity index (χ3n) is 4.62. The van der Waals surface area contributed by atoms with Crippen molar-refractivity contribution in [3.8, 4) is 11.1 Å². The minimum Gasteiger partial charge on any atom is -0.289 e. The molecule has 3 heteroatoms. The maximum atomic E-state index is 11.7. The lowest BCUT2D eigenvalue weighted by atomic mass is 9.82. The lowest BCUT2D eigenvalue weighted by molar-refractivity contribution is -0.133. The molecule has 1 unspecified atom stereocenters. The highest BCUT2D eigenvalue weighted by molar-refractivity contribution is 5.78. The molecule has 0 saturated carbocycles. The Bertz CT molecular complexity index is 721. The molecule has 2 N–H and O–H groups in total. The van der Waals surface area contributed by atoms with E-state index in [9.17, 15) is 4.79 Å². The number of hydrogen-bond acceptors (Lipinski definition) is 2. The van der Waals surface area contributed by atoms with E-state index >= 15 is 0 Å². The van der Waals surface area contributed by atoms with Crippen LogP contribution in [0.3, 0.4) is 0 Å². The highest BCUT2D eigenvalue weighted by atomic mass is 16.5. The summed E-state index contributed by atoms with van der Waals surface area (Å²) in [7, 11) is 0. The summed E-state index contributed by atoms with van der Waals surface area (Å²) in [6.45, 7) is 4.22. The fourth-order valence-corrected chi connectivity index (χ4v) is 3.29. The number of rotatable bonds is 2. The van der Waals surface area contributed by atoms with Crippen LogP contribution in [0.4, 0.5) is 0 Å². The summed E-state index contributed by atoms with van der Waals surface area (Å²) in [5.74, 6) is -0.408. The van der Waals surface area contributed by atoms with Gasteiger partial charge >= 0.3 is 0 Å². The Morgan fingerprint density at radius 3 is 2.73 bits per heavy atom. The lowest BCUT2D eigenvalue weighted by Gasteiger charge is -2.23. The average Bonchev–Trinajstić information content (AvgIpc) is 2.55. The van der Waals surface area contributed by atoms with E-state index in [0.717, 1.165) is 12.8 Å². The van der Waals surface area contributed by atoms with Gasteiger partial charge in [-0.3, -0.25) is 10.0 Å². The first-order valence-corrected chi connectivity index (χ1v) is 7.72. The standard InChI is InChI=1S/C19H21NO2/c1-12-3-4-13(2)18(9-12)15-7-5-14-6-8-16(19(21)20-22)11-17(14)10-15/h3-5,7,9-10,16,22H,6,8,11H2,1-2H3,(H,20,21). The molecule has 1 aliphatic carbocycles. The predicted molar refractivity (Wildman–Crippen MR) is 86.8 cm³/mol. The summed E-state index contributed by atoms with van der Waals surface area (Å²) < 4.78 is 0. The van der Waals surface area contributed by atoms with Crippen molar-refractivity contribution in [1.82, 2.24) is 5.48 Å². The van der Waals surface area contributed by atoms with E-state index in [2.05, 4.69) is 50.2 Å². The van der Waals surface area contributed by atoms with Crippen molar-refractivity contribution in [2.45, 2.75) is 33.1 Å². The normalized spacial score (nSPS) is 17.0. The van der Waals surface area contributed by atoms with Crippen molar-refractivity contribution in [2.75, 3.05) is 0 Å². The first-order chi connectivity index (χ1) is 10.6. The second kappa shape index (κ2) is 5.93. The zero-order valence-electron chi connectivity index (χ0n) is 13.0. The van der Waals surface area contributed by atoms with Crippen LogP contribution in [-0.2, 0) is 17.6 Å². The topological polar surface area (TPSA) is 49.3 Å². The van der Waals surface area contributed by atoms with Crippen LogP contribution in [0.1, 0.15) is 28.7 Å². The van der Waals surface area contributed by atoms with Crippen LogP contribution in [0.5, 0.6) is 0 Å². The monoisotopic (exact) mass is 295 g/mol. The highest BCUT2D eigenvalue weighted by Gasteiger charge is 2.24. The minimum absolute atomic E-state index is 0.133. The lowest BCUT2D eigenvalue weighted by Crippen LogP contribution is -2.31. The fraction of sp³-hybridized carbons (Fsp3) is 0.316. The number of hydroxylamine groups is 1. The molecule has 0 fully saturated rings. The molecule has 0 bridgehead atoms. The molecule has 1 atom stereocenters. The molecule has 3 rings (SSSR count). The van der Waals surface area contributed by atoms with Crippen LogP contribution in [0.15, 0.2) is 36.4 Å². The average molecular weight is 295 g/mol. The second-order valence-corrected chi connectivity index (χ2v) is 6.22. The number of nitrogens with one attached hydrogen (secondary N) is 1. The predicted octanol–water partition coefficient (Wildman–Crippen LogP) is 3.58. The zero-order chi connectivity index (χ0) is 15.7. The minimum atomic E-state index is -0.275. The van der Waals surface area contributed by atoms with Crippen molar-refractivity contribution in [2.24, 2.45) is 5.92 Å². The molecule has 0 aromatic heterocycles. The summed E-state index contributed by atoms with van der Waals surface area (Å²) in [5.41, 5.74) is 9.27. The maximum Gasteiger partial charge on any atom is 0.246 e. The summed E-state index contributed by atoms with van der Waals surface area (Å²) in [6.07, 6.45) is 2.38. The highest BCUT2D eigenvalue weighted by Crippen LogP contribution is 2.31. The maximum absolute atomic E-state index is 11.7. The van der Waals surface area contributed by atoms with Crippen molar-refractivity contribution >= 4 is 5.91 Å². The van der Waals surface area contributed by atoms with Gasteiger partial charge in [-0.05, 0) is 60.9 Å². The Labute approximate surface area is 130 Å². The van der Waals surface area contributed by atoms with Crippen LogP contribution in [-0.4, -0.2) is 11.1 Å². The van der Waals surface area contributed by atoms with Gasteiger partial charge in [-0.1, -0.05) is 42.0 Å². The number of amides is 1. The van der Waals surface area contributed by atoms with E-state index < -0.39 is 0 Å². The molecule has 22 heavy (non-hydrogen) atoms. The summed E-state index contributed by atoms with van der Waals surface area (Å²) in [5, 5.41) is 8.83. The van der Waals surface area contributed by atoms with Gasteiger partial charge < -0.3 is 0 Å². The molecule has 2 aromatic carbocycles. The van der Waals surface area contributed by atoms with E-state index in [1.807, 2.05) is 0 Å². The molecular formula is C19H21NO2. The van der Waals surface area contributed by atoms with Crippen molar-refractivity contribution in [3.05, 3.63) is 58.7 Å². The third kappa shape index (κ3) is 2.77. The van der Waals surface area contributed by atoms with Gasteiger partial charge in [0.15, 0.2) is 0 Å². The van der Waals surface area contributed by atoms with Gasteiger partial charge in [0.1, 0.15) is 0 Å². The van der Waals surface area contributed by atoms with E-state index in [-0.39, 0.29) is 11.8 Å². The Morgan fingerprint density at radius 1 is 1.14 bits per heavy atom. The molecule has 0 aliphatic heterocycles. The summed E-state index contributed by atoms with van der Waals surface area (Å²) in [4.78, 5) is 11.7. The second-order valence-electron chi connectivity index (χ2n) is 6.22. The Balaban J connectivity index is 1.97. The van der Waals surface area contributed by atoms with Gasteiger partial charge in [0.05, 0.1) is 0 Å². The van der Waals surface area contributed by atoms with E-state index in [1.54, 1.807) is 5.48 Å². The van der Waals surface area contributed by atoms with Crippen molar-refractivity contribution in [3.63, 3.8) is 0 Å². The van der Waals surface area contributed by atoms with Gasteiger partial charge in [-0.2, -0.15) is 0 Å². The molecule has 114 valence electrons. The molecule has 0 heterocycles. The Hall–Kier alpha value is -2.13. The third-order valence-corrected chi connectivity index (χ3v) is 4.62. The number of carbonyl (C=O) groups is 1. The molecule has 3 nitrogen and oxygen atoms in total. The van der Waals surface area contributed by atoms with Gasteiger partial charge in [-0.15, -0.1) is 0 Å². The SMILES string of the molecule is Cc1ccc(C)c(-c2ccc3c(c2)CC(C(=O)NO)CC3)c1. The van der Waals surface area contributed by atoms with Crippen LogP contribution in [0.25, 0.3) is 11.1 Å².